The molecule has 0 aliphatic carbocycles. The van der Waals surface area contributed by atoms with Gasteiger partial charge in [0.05, 0.1) is 24.0 Å². The molecule has 3 aromatic rings. The summed E-state index contributed by atoms with van der Waals surface area (Å²) in [7, 11) is 0. The Kier molecular flexibility index (Phi) is 5.91. The fraction of sp³-hybridized carbons (Fsp3) is 0.350. The Morgan fingerprint density at radius 1 is 1.30 bits per heavy atom. The summed E-state index contributed by atoms with van der Waals surface area (Å²) < 4.78 is 7.15. The molecule has 0 atom stereocenters. The molecular weight excluding hydrogens is 362 g/mol. The Hall–Kier alpha value is -2.67. The van der Waals surface area contributed by atoms with E-state index in [1.54, 1.807) is 6.07 Å². The maximum atomic E-state index is 12.7. The second-order valence-electron chi connectivity index (χ2n) is 6.35. The second kappa shape index (κ2) is 8.35. The summed E-state index contributed by atoms with van der Waals surface area (Å²) >= 11 is 1.52. The van der Waals surface area contributed by atoms with Crippen LogP contribution >= 0.6 is 11.3 Å². The van der Waals surface area contributed by atoms with E-state index >= 15 is 0 Å². The first-order chi connectivity index (χ1) is 13.0. The van der Waals surface area contributed by atoms with Crippen LogP contribution in [0.2, 0.25) is 0 Å². The topological polar surface area (TPSA) is 73.2 Å². The van der Waals surface area contributed by atoms with Gasteiger partial charge in [-0.2, -0.15) is 0 Å². The number of nitrogens with one attached hydrogen (secondary N) is 1. The Balaban J connectivity index is 1.70. The van der Waals surface area contributed by atoms with Crippen LogP contribution < -0.4 is 15.6 Å². The lowest BCUT2D eigenvalue weighted by Crippen LogP contribution is -2.23. The van der Waals surface area contributed by atoms with Gasteiger partial charge in [-0.3, -0.25) is 14.2 Å². The summed E-state index contributed by atoms with van der Waals surface area (Å²) in [5.41, 5.74) is 1.51. The highest BCUT2D eigenvalue weighted by molar-refractivity contribution is 7.18. The lowest BCUT2D eigenvalue weighted by atomic mass is 10.2. The van der Waals surface area contributed by atoms with E-state index in [1.165, 1.54) is 22.2 Å². The number of amides is 1. The van der Waals surface area contributed by atoms with Crippen molar-refractivity contribution in [1.29, 1.82) is 0 Å². The highest BCUT2D eigenvalue weighted by Crippen LogP contribution is 2.26. The van der Waals surface area contributed by atoms with Crippen LogP contribution in [0.4, 0.5) is 5.69 Å². The minimum absolute atomic E-state index is 0.0960. The summed E-state index contributed by atoms with van der Waals surface area (Å²) in [5, 5.41) is 3.52. The van der Waals surface area contributed by atoms with Crippen LogP contribution in [0.5, 0.6) is 5.75 Å². The number of carbonyl (C=O) groups is 1. The van der Waals surface area contributed by atoms with Crippen molar-refractivity contribution in [3.05, 3.63) is 51.4 Å². The number of thiophene rings is 1. The highest BCUT2D eigenvalue weighted by atomic mass is 32.1. The van der Waals surface area contributed by atoms with Gasteiger partial charge < -0.3 is 10.1 Å². The molecule has 0 bridgehead atoms. The van der Waals surface area contributed by atoms with Gasteiger partial charge in [-0.05, 0) is 38.0 Å². The monoisotopic (exact) mass is 385 g/mol. The highest BCUT2D eigenvalue weighted by Gasteiger charge is 2.13. The van der Waals surface area contributed by atoms with Crippen molar-refractivity contribution in [1.82, 2.24) is 9.55 Å². The first kappa shape index (κ1) is 19.1. The average molecular weight is 385 g/mol. The molecule has 0 spiro atoms. The Labute approximate surface area is 161 Å². The van der Waals surface area contributed by atoms with E-state index in [0.717, 1.165) is 21.7 Å². The molecule has 0 saturated heterocycles. The molecule has 3 rings (SSSR count). The summed E-state index contributed by atoms with van der Waals surface area (Å²) in [4.78, 5) is 31.2. The minimum Gasteiger partial charge on any atom is -0.491 e. The number of anilines is 1. The number of benzene rings is 1. The van der Waals surface area contributed by atoms with Crippen LogP contribution in [0.3, 0.4) is 0 Å². The van der Waals surface area contributed by atoms with E-state index in [-0.39, 0.29) is 24.4 Å². The molecule has 2 heterocycles. The summed E-state index contributed by atoms with van der Waals surface area (Å²) in [5.74, 6) is 0.477. The van der Waals surface area contributed by atoms with E-state index in [9.17, 15) is 9.59 Å². The van der Waals surface area contributed by atoms with Gasteiger partial charge in [0.15, 0.2) is 0 Å². The van der Waals surface area contributed by atoms with Gasteiger partial charge in [0.1, 0.15) is 10.6 Å². The fourth-order valence-corrected chi connectivity index (χ4v) is 3.76. The van der Waals surface area contributed by atoms with Crippen molar-refractivity contribution in [3.8, 4) is 5.75 Å². The number of fused-ring (bicyclic) bond motifs is 1. The van der Waals surface area contributed by atoms with Crippen LogP contribution in [-0.2, 0) is 11.3 Å². The van der Waals surface area contributed by atoms with Crippen LogP contribution in [-0.4, -0.2) is 22.1 Å². The summed E-state index contributed by atoms with van der Waals surface area (Å²) in [6.07, 6.45) is 2.59. The normalized spacial score (nSPS) is 10.9. The average Bonchev–Trinajstić information content (AvgIpc) is 2.95. The summed E-state index contributed by atoms with van der Waals surface area (Å²) in [6.45, 7) is 6.81. The molecule has 27 heavy (non-hydrogen) atoms. The molecule has 0 saturated carbocycles. The smallest absolute Gasteiger partial charge is 0.262 e. The molecule has 2 aromatic heterocycles. The van der Waals surface area contributed by atoms with E-state index in [2.05, 4.69) is 10.3 Å². The fourth-order valence-electron chi connectivity index (χ4n) is 2.77. The molecule has 0 aliphatic heterocycles. The number of carbonyl (C=O) groups excluding carboxylic acids is 1. The van der Waals surface area contributed by atoms with Gasteiger partial charge in [-0.1, -0.05) is 19.1 Å². The van der Waals surface area contributed by atoms with E-state index in [1.807, 2.05) is 39.0 Å². The van der Waals surface area contributed by atoms with Crippen LogP contribution in [0.25, 0.3) is 10.2 Å². The zero-order chi connectivity index (χ0) is 19.4. The third kappa shape index (κ3) is 4.19. The van der Waals surface area contributed by atoms with Crippen LogP contribution in [0.1, 0.15) is 30.2 Å². The molecule has 7 heteroatoms. The molecule has 0 radical (unpaired) electrons. The SMILES string of the molecule is CCCOc1ccccc1NC(=O)CCn1cnc2sc(C)c(C)c2c1=O. The largest absolute Gasteiger partial charge is 0.491 e. The molecule has 1 N–H and O–H groups in total. The van der Waals surface area contributed by atoms with Crippen LogP contribution in [0, 0.1) is 13.8 Å². The number of rotatable bonds is 7. The predicted octanol–water partition coefficient (Wildman–Crippen LogP) is 3.89. The third-order valence-corrected chi connectivity index (χ3v) is 5.47. The Bertz CT molecular complexity index is 1020. The molecule has 0 unspecified atom stereocenters. The van der Waals surface area contributed by atoms with Crippen molar-refractivity contribution in [2.24, 2.45) is 0 Å². The van der Waals surface area contributed by atoms with E-state index in [0.29, 0.717) is 23.4 Å². The van der Waals surface area contributed by atoms with Gasteiger partial charge in [-0.15, -0.1) is 11.3 Å². The molecule has 0 fully saturated rings. The molecular formula is C20H23N3O3S. The molecule has 142 valence electrons. The van der Waals surface area contributed by atoms with Crippen LogP contribution in [0.15, 0.2) is 35.4 Å². The Morgan fingerprint density at radius 2 is 2.07 bits per heavy atom. The first-order valence-electron chi connectivity index (χ1n) is 8.98. The van der Waals surface area contributed by atoms with Gasteiger partial charge in [0, 0.05) is 17.8 Å². The third-order valence-electron chi connectivity index (χ3n) is 4.36. The first-order valence-corrected chi connectivity index (χ1v) is 9.79. The number of para-hydroxylation sites is 2. The Morgan fingerprint density at radius 3 is 2.85 bits per heavy atom. The van der Waals surface area contributed by atoms with E-state index < -0.39 is 0 Å². The molecule has 1 aromatic carbocycles. The minimum atomic E-state index is -0.173. The maximum Gasteiger partial charge on any atom is 0.262 e. The van der Waals surface area contributed by atoms with Crippen molar-refractivity contribution in [3.63, 3.8) is 0 Å². The van der Waals surface area contributed by atoms with Crippen molar-refractivity contribution >= 4 is 33.1 Å². The second-order valence-corrected chi connectivity index (χ2v) is 7.55. The number of ether oxygens (including phenoxy) is 1. The molecule has 1 amide bonds. The van der Waals surface area contributed by atoms with Gasteiger partial charge in [-0.25, -0.2) is 4.98 Å². The lowest BCUT2D eigenvalue weighted by molar-refractivity contribution is -0.116. The van der Waals surface area contributed by atoms with E-state index in [4.69, 9.17) is 4.74 Å². The zero-order valence-electron chi connectivity index (χ0n) is 15.7. The number of hydrogen-bond acceptors (Lipinski definition) is 5. The molecule has 6 nitrogen and oxygen atoms in total. The number of aromatic nitrogens is 2. The van der Waals surface area contributed by atoms with Gasteiger partial charge in [0.25, 0.3) is 5.56 Å². The quantitative estimate of drug-likeness (QED) is 0.670. The summed E-state index contributed by atoms with van der Waals surface area (Å²) in [6, 6.07) is 7.35. The number of nitrogens with zero attached hydrogens (tertiary/aromatic N) is 2. The van der Waals surface area contributed by atoms with Crippen molar-refractivity contribution in [2.45, 2.75) is 40.2 Å². The van der Waals surface area contributed by atoms with Gasteiger partial charge >= 0.3 is 0 Å². The van der Waals surface area contributed by atoms with Crippen molar-refractivity contribution in [2.75, 3.05) is 11.9 Å². The predicted molar refractivity (Wildman–Crippen MR) is 109 cm³/mol. The lowest BCUT2D eigenvalue weighted by Gasteiger charge is -2.12. The van der Waals surface area contributed by atoms with Gasteiger partial charge in [0.2, 0.25) is 5.91 Å². The van der Waals surface area contributed by atoms with Crippen molar-refractivity contribution < 1.29 is 9.53 Å². The zero-order valence-corrected chi connectivity index (χ0v) is 16.6. The maximum absolute atomic E-state index is 12.7. The molecule has 0 aliphatic rings. The number of aryl methyl sites for hydroxylation is 3. The number of hydrogen-bond donors (Lipinski definition) is 1. The standard InChI is InChI=1S/C20H23N3O3S/c1-4-11-26-16-8-6-5-7-15(16)22-17(24)9-10-23-12-21-19-18(20(23)25)13(2)14(3)27-19/h5-8,12H,4,9-11H2,1-3H3,(H,22,24).